The molecule has 0 spiro atoms. The highest BCUT2D eigenvalue weighted by atomic mass is 32.2. The first-order chi connectivity index (χ1) is 11.7. The number of pyridine rings is 1. The molecule has 0 fully saturated rings. The Morgan fingerprint density at radius 2 is 2.00 bits per heavy atom. The number of imidazole rings is 1. The van der Waals surface area contributed by atoms with Gasteiger partial charge in [-0.2, -0.15) is 0 Å². The fraction of sp³-hybridized carbons (Fsp3) is 0.118. The number of rotatable bonds is 4. The molecule has 0 radical (unpaired) electrons. The normalized spacial score (nSPS) is 11.2. The molecular weight excluding hydrogens is 325 g/mol. The molecule has 0 unspecified atom stereocenters. The average Bonchev–Trinajstić information content (AvgIpc) is 3.19. The maximum atomic E-state index is 13.8. The highest BCUT2D eigenvalue weighted by Crippen LogP contribution is 2.23. The Balaban J connectivity index is 1.50. The summed E-state index contributed by atoms with van der Waals surface area (Å²) in [5.41, 5.74) is 3.46. The third kappa shape index (κ3) is 2.90. The Hall–Kier alpha value is -2.67. The zero-order valence-electron chi connectivity index (χ0n) is 12.9. The van der Waals surface area contributed by atoms with Crippen LogP contribution >= 0.6 is 11.8 Å². The standard InChI is InChI=1S/C17H14FN5S/c1-11-6-7-15-19-12(9-23(15)8-11)10-24-17-20-16(21-22-17)13-4-2-3-5-14(13)18/h2-9H,10H2,1H3,(H,20,21,22). The van der Waals surface area contributed by atoms with Crippen LogP contribution in [0.5, 0.6) is 0 Å². The van der Waals surface area contributed by atoms with Crippen molar-refractivity contribution >= 4 is 17.4 Å². The fourth-order valence-electron chi connectivity index (χ4n) is 2.45. The Kier molecular flexibility index (Phi) is 3.78. The summed E-state index contributed by atoms with van der Waals surface area (Å²) in [6, 6.07) is 10.5. The van der Waals surface area contributed by atoms with Gasteiger partial charge in [-0.15, -0.1) is 5.10 Å². The summed E-state index contributed by atoms with van der Waals surface area (Å²) in [6.45, 7) is 2.05. The van der Waals surface area contributed by atoms with Crippen LogP contribution in [0.1, 0.15) is 11.3 Å². The van der Waals surface area contributed by atoms with E-state index in [-0.39, 0.29) is 5.82 Å². The number of aromatic amines is 1. The smallest absolute Gasteiger partial charge is 0.209 e. The van der Waals surface area contributed by atoms with Crippen molar-refractivity contribution < 1.29 is 4.39 Å². The van der Waals surface area contributed by atoms with Crippen LogP contribution in [0.15, 0.2) is 53.9 Å². The Morgan fingerprint density at radius 1 is 1.12 bits per heavy atom. The minimum absolute atomic E-state index is 0.319. The number of thioether (sulfide) groups is 1. The van der Waals surface area contributed by atoms with Crippen LogP contribution < -0.4 is 0 Å². The molecule has 0 aliphatic heterocycles. The maximum Gasteiger partial charge on any atom is 0.209 e. The van der Waals surface area contributed by atoms with Crippen molar-refractivity contribution in [3.8, 4) is 11.4 Å². The molecule has 3 aromatic heterocycles. The summed E-state index contributed by atoms with van der Waals surface area (Å²) in [4.78, 5) is 8.91. The number of hydrogen-bond acceptors (Lipinski definition) is 4. The van der Waals surface area contributed by atoms with E-state index < -0.39 is 0 Å². The van der Waals surface area contributed by atoms with Crippen LogP contribution in [-0.2, 0) is 5.75 Å². The number of aromatic nitrogens is 5. The van der Waals surface area contributed by atoms with Crippen molar-refractivity contribution in [1.82, 2.24) is 24.6 Å². The predicted octanol–water partition coefficient (Wildman–Crippen LogP) is 3.86. The maximum absolute atomic E-state index is 13.8. The van der Waals surface area contributed by atoms with Gasteiger partial charge in [0.1, 0.15) is 11.5 Å². The van der Waals surface area contributed by atoms with Crippen molar-refractivity contribution in [2.75, 3.05) is 0 Å². The lowest BCUT2D eigenvalue weighted by atomic mass is 10.2. The van der Waals surface area contributed by atoms with Gasteiger partial charge in [0.15, 0.2) is 5.82 Å². The molecule has 7 heteroatoms. The molecule has 24 heavy (non-hydrogen) atoms. The van der Waals surface area contributed by atoms with Crippen molar-refractivity contribution in [2.24, 2.45) is 0 Å². The Labute approximate surface area is 142 Å². The predicted molar refractivity (Wildman–Crippen MR) is 91.3 cm³/mol. The molecule has 1 N–H and O–H groups in total. The SMILES string of the molecule is Cc1ccc2nc(CSc3n[nH]c(-c4ccccc4F)n3)cn2c1. The molecule has 0 saturated carbocycles. The second-order valence-electron chi connectivity index (χ2n) is 5.44. The summed E-state index contributed by atoms with van der Waals surface area (Å²) >= 11 is 1.46. The summed E-state index contributed by atoms with van der Waals surface area (Å²) in [7, 11) is 0. The molecule has 0 aliphatic rings. The summed E-state index contributed by atoms with van der Waals surface area (Å²) in [5.74, 6) is 0.761. The van der Waals surface area contributed by atoms with Crippen LogP contribution in [0.3, 0.4) is 0 Å². The number of hydrogen-bond donors (Lipinski definition) is 1. The van der Waals surface area contributed by atoms with E-state index in [4.69, 9.17) is 0 Å². The molecule has 4 aromatic rings. The van der Waals surface area contributed by atoms with E-state index in [0.29, 0.717) is 22.3 Å². The molecule has 0 atom stereocenters. The highest BCUT2D eigenvalue weighted by Gasteiger charge is 2.11. The van der Waals surface area contributed by atoms with Gasteiger partial charge >= 0.3 is 0 Å². The van der Waals surface area contributed by atoms with Gasteiger partial charge in [-0.05, 0) is 30.7 Å². The molecule has 3 heterocycles. The zero-order chi connectivity index (χ0) is 16.5. The van der Waals surface area contributed by atoms with Crippen molar-refractivity contribution in [2.45, 2.75) is 17.8 Å². The van der Waals surface area contributed by atoms with Crippen LogP contribution in [0.25, 0.3) is 17.0 Å². The van der Waals surface area contributed by atoms with Crippen molar-refractivity contribution in [3.05, 3.63) is 65.9 Å². The lowest BCUT2D eigenvalue weighted by molar-refractivity contribution is 0.630. The highest BCUT2D eigenvalue weighted by molar-refractivity contribution is 7.98. The van der Waals surface area contributed by atoms with E-state index in [9.17, 15) is 4.39 Å². The largest absolute Gasteiger partial charge is 0.307 e. The number of benzene rings is 1. The second kappa shape index (κ2) is 6.09. The zero-order valence-corrected chi connectivity index (χ0v) is 13.7. The molecule has 1 aromatic carbocycles. The molecule has 0 amide bonds. The van der Waals surface area contributed by atoms with E-state index in [1.165, 1.54) is 23.4 Å². The van der Waals surface area contributed by atoms with Gasteiger partial charge in [0, 0.05) is 18.1 Å². The first-order valence-corrected chi connectivity index (χ1v) is 8.42. The van der Waals surface area contributed by atoms with Crippen molar-refractivity contribution in [1.29, 1.82) is 0 Å². The van der Waals surface area contributed by atoms with Gasteiger partial charge in [0.25, 0.3) is 0 Å². The lowest BCUT2D eigenvalue weighted by Crippen LogP contribution is -1.85. The number of halogens is 1. The summed E-state index contributed by atoms with van der Waals surface area (Å²) in [6.07, 6.45) is 4.04. The fourth-order valence-corrected chi connectivity index (χ4v) is 3.13. The van der Waals surface area contributed by atoms with Crippen LogP contribution in [-0.4, -0.2) is 24.6 Å². The van der Waals surface area contributed by atoms with Crippen LogP contribution in [0.2, 0.25) is 0 Å². The van der Waals surface area contributed by atoms with Crippen molar-refractivity contribution in [3.63, 3.8) is 0 Å². The lowest BCUT2D eigenvalue weighted by Gasteiger charge is -1.96. The number of H-pyrrole nitrogens is 1. The average molecular weight is 339 g/mol. The quantitative estimate of drug-likeness (QED) is 0.574. The van der Waals surface area contributed by atoms with Gasteiger partial charge in [-0.1, -0.05) is 30.0 Å². The number of nitrogens with zero attached hydrogens (tertiary/aromatic N) is 4. The first kappa shape index (κ1) is 14.9. The van der Waals surface area contributed by atoms with Gasteiger partial charge in [-0.25, -0.2) is 14.4 Å². The van der Waals surface area contributed by atoms with Crippen LogP contribution in [0, 0.1) is 12.7 Å². The minimum atomic E-state index is -0.319. The Morgan fingerprint density at radius 3 is 2.88 bits per heavy atom. The topological polar surface area (TPSA) is 58.9 Å². The van der Waals surface area contributed by atoms with E-state index in [2.05, 4.69) is 20.2 Å². The molecule has 0 saturated heterocycles. The number of aryl methyl sites for hydroxylation is 1. The minimum Gasteiger partial charge on any atom is -0.307 e. The van der Waals surface area contributed by atoms with E-state index in [1.54, 1.807) is 18.2 Å². The third-order valence-electron chi connectivity index (χ3n) is 3.59. The second-order valence-corrected chi connectivity index (χ2v) is 6.38. The molecule has 5 nitrogen and oxygen atoms in total. The summed E-state index contributed by atoms with van der Waals surface area (Å²) < 4.78 is 15.8. The molecule has 4 rings (SSSR count). The van der Waals surface area contributed by atoms with E-state index in [0.717, 1.165) is 11.3 Å². The van der Waals surface area contributed by atoms with E-state index in [1.807, 2.05) is 35.9 Å². The van der Waals surface area contributed by atoms with Crippen LogP contribution in [0.4, 0.5) is 4.39 Å². The summed E-state index contributed by atoms with van der Waals surface area (Å²) in [5, 5.41) is 7.50. The monoisotopic (exact) mass is 339 g/mol. The van der Waals surface area contributed by atoms with Gasteiger partial charge in [0.05, 0.1) is 11.3 Å². The van der Waals surface area contributed by atoms with E-state index >= 15 is 0 Å². The molecule has 120 valence electrons. The Bertz CT molecular complexity index is 1010. The first-order valence-electron chi connectivity index (χ1n) is 7.43. The van der Waals surface area contributed by atoms with Gasteiger partial charge in [-0.3, -0.25) is 5.10 Å². The molecule has 0 aliphatic carbocycles. The number of nitrogens with one attached hydrogen (secondary N) is 1. The molecule has 0 bridgehead atoms. The van der Waals surface area contributed by atoms with Gasteiger partial charge in [0.2, 0.25) is 5.16 Å². The number of fused-ring (bicyclic) bond motifs is 1. The molecular formula is C17H14FN5S. The third-order valence-corrected chi connectivity index (χ3v) is 4.47. The van der Waals surface area contributed by atoms with Gasteiger partial charge < -0.3 is 4.40 Å².